The fourth-order valence-corrected chi connectivity index (χ4v) is 2.48. The largest absolute Gasteiger partial charge is 0.492 e. The minimum Gasteiger partial charge on any atom is -0.492 e. The minimum absolute atomic E-state index is 0.0451. The summed E-state index contributed by atoms with van der Waals surface area (Å²) in [5.41, 5.74) is 2.57. The first kappa shape index (κ1) is 15.6. The van der Waals surface area contributed by atoms with E-state index in [0.29, 0.717) is 6.61 Å². The van der Waals surface area contributed by atoms with Crippen molar-refractivity contribution in [2.45, 2.75) is 40.0 Å². The average Bonchev–Trinajstić information content (AvgIpc) is 2.46. The maximum Gasteiger partial charge on any atom is 0.122 e. The molecule has 0 fully saturated rings. The zero-order valence-corrected chi connectivity index (χ0v) is 13.8. The van der Waals surface area contributed by atoms with Crippen LogP contribution in [0.4, 0.5) is 0 Å². The quantitative estimate of drug-likeness (QED) is 0.731. The normalized spacial score (nSPS) is 14.5. The summed E-state index contributed by atoms with van der Waals surface area (Å²) in [4.78, 5) is 0. The van der Waals surface area contributed by atoms with Crippen LogP contribution in [0.25, 0.3) is 0 Å². The Kier molecular flexibility index (Phi) is 4.41. The molecule has 0 spiro atoms. The van der Waals surface area contributed by atoms with Gasteiger partial charge in [-0.1, -0.05) is 76.2 Å². The average molecular weight is 282 g/mol. The molecular weight excluding hydrogens is 256 g/mol. The molecule has 1 nitrogen and oxygen atoms in total. The zero-order chi connectivity index (χ0) is 15.5. The monoisotopic (exact) mass is 282 g/mol. The molecule has 0 aromatic heterocycles. The van der Waals surface area contributed by atoms with Crippen LogP contribution in [0.2, 0.25) is 0 Å². The number of ether oxygens (including phenoxy) is 1. The Morgan fingerprint density at radius 1 is 0.810 bits per heavy atom. The second-order valence-electron chi connectivity index (χ2n) is 7.00. The highest BCUT2D eigenvalue weighted by molar-refractivity contribution is 5.33. The Morgan fingerprint density at radius 3 is 1.95 bits per heavy atom. The summed E-state index contributed by atoms with van der Waals surface area (Å²) in [5.74, 6) is 0.976. The molecule has 0 bridgehead atoms. The summed E-state index contributed by atoms with van der Waals surface area (Å²) in [6.07, 6.45) is 0. The van der Waals surface area contributed by atoms with E-state index in [1.807, 2.05) is 18.2 Å². The van der Waals surface area contributed by atoms with Crippen LogP contribution in [-0.4, -0.2) is 6.61 Å². The van der Waals surface area contributed by atoms with Crippen molar-refractivity contribution >= 4 is 0 Å². The van der Waals surface area contributed by atoms with E-state index in [9.17, 15) is 0 Å². The molecule has 2 aromatic carbocycles. The maximum absolute atomic E-state index is 6.18. The third-order valence-electron chi connectivity index (χ3n) is 4.68. The molecule has 0 saturated carbocycles. The summed E-state index contributed by atoms with van der Waals surface area (Å²) < 4.78 is 6.18. The highest BCUT2D eigenvalue weighted by Gasteiger charge is 2.39. The Hall–Kier alpha value is -1.76. The van der Waals surface area contributed by atoms with Gasteiger partial charge in [0.15, 0.2) is 0 Å². The van der Waals surface area contributed by atoms with Crippen LogP contribution in [0, 0.1) is 12.3 Å². The van der Waals surface area contributed by atoms with Gasteiger partial charge in [0.1, 0.15) is 5.75 Å². The van der Waals surface area contributed by atoms with Gasteiger partial charge >= 0.3 is 0 Å². The van der Waals surface area contributed by atoms with Crippen molar-refractivity contribution in [2.24, 2.45) is 5.41 Å². The number of rotatable bonds is 4. The van der Waals surface area contributed by atoms with Crippen LogP contribution in [0.3, 0.4) is 0 Å². The molecule has 0 aliphatic rings. The van der Waals surface area contributed by atoms with E-state index in [-0.39, 0.29) is 10.8 Å². The minimum atomic E-state index is -0.0451. The molecule has 2 aromatic rings. The molecule has 1 atom stereocenters. The zero-order valence-electron chi connectivity index (χ0n) is 13.8. The van der Waals surface area contributed by atoms with E-state index in [4.69, 9.17) is 4.74 Å². The lowest BCUT2D eigenvalue weighted by Crippen LogP contribution is -2.42. The van der Waals surface area contributed by atoms with Crippen molar-refractivity contribution in [1.29, 1.82) is 0 Å². The number of para-hydroxylation sites is 1. The van der Waals surface area contributed by atoms with Gasteiger partial charge in [-0.05, 0) is 29.5 Å². The van der Waals surface area contributed by atoms with Crippen LogP contribution in [0.15, 0.2) is 54.6 Å². The summed E-state index contributed by atoms with van der Waals surface area (Å²) in [6.45, 7) is 11.9. The highest BCUT2D eigenvalue weighted by atomic mass is 16.5. The number of hydrogen-bond donors (Lipinski definition) is 0. The molecular formula is C20H26O. The fourth-order valence-electron chi connectivity index (χ4n) is 2.48. The Bertz CT molecular complexity index is 580. The Labute approximate surface area is 129 Å². The molecule has 0 N–H and O–H groups in total. The van der Waals surface area contributed by atoms with Crippen molar-refractivity contribution in [3.05, 3.63) is 65.7 Å². The van der Waals surface area contributed by atoms with E-state index < -0.39 is 0 Å². The van der Waals surface area contributed by atoms with Crippen molar-refractivity contribution in [3.63, 3.8) is 0 Å². The van der Waals surface area contributed by atoms with Crippen molar-refractivity contribution in [2.75, 3.05) is 6.61 Å². The number of hydrogen-bond acceptors (Lipinski definition) is 1. The van der Waals surface area contributed by atoms with Gasteiger partial charge in [0, 0.05) is 5.41 Å². The van der Waals surface area contributed by atoms with Gasteiger partial charge in [-0.15, -0.1) is 0 Å². The third-order valence-corrected chi connectivity index (χ3v) is 4.68. The van der Waals surface area contributed by atoms with Crippen LogP contribution in [0.5, 0.6) is 5.75 Å². The van der Waals surface area contributed by atoms with Crippen molar-refractivity contribution < 1.29 is 4.74 Å². The van der Waals surface area contributed by atoms with Gasteiger partial charge in [0.25, 0.3) is 0 Å². The van der Waals surface area contributed by atoms with E-state index in [1.165, 1.54) is 11.1 Å². The van der Waals surface area contributed by atoms with Gasteiger partial charge in [-0.25, -0.2) is 0 Å². The van der Waals surface area contributed by atoms with Gasteiger partial charge in [0.05, 0.1) is 6.61 Å². The van der Waals surface area contributed by atoms with Gasteiger partial charge in [-0.3, -0.25) is 0 Å². The van der Waals surface area contributed by atoms with Gasteiger partial charge < -0.3 is 4.74 Å². The van der Waals surface area contributed by atoms with E-state index in [1.54, 1.807) is 0 Å². The van der Waals surface area contributed by atoms with Crippen LogP contribution >= 0.6 is 0 Å². The van der Waals surface area contributed by atoms with Crippen LogP contribution in [-0.2, 0) is 5.41 Å². The van der Waals surface area contributed by atoms with Gasteiger partial charge in [0.2, 0.25) is 0 Å². The van der Waals surface area contributed by atoms with E-state index in [0.717, 1.165) is 5.75 Å². The van der Waals surface area contributed by atoms with E-state index in [2.05, 4.69) is 71.0 Å². The summed E-state index contributed by atoms with van der Waals surface area (Å²) in [5, 5.41) is 0. The molecule has 0 amide bonds. The topological polar surface area (TPSA) is 9.23 Å². The second-order valence-corrected chi connectivity index (χ2v) is 7.00. The second kappa shape index (κ2) is 5.93. The van der Waals surface area contributed by atoms with Gasteiger partial charge in [-0.2, -0.15) is 0 Å². The molecule has 0 aliphatic carbocycles. The van der Waals surface area contributed by atoms with Crippen LogP contribution in [0.1, 0.15) is 38.8 Å². The lowest BCUT2D eigenvalue weighted by molar-refractivity contribution is 0.118. The molecule has 21 heavy (non-hydrogen) atoms. The maximum atomic E-state index is 6.18. The molecule has 0 aliphatic heterocycles. The van der Waals surface area contributed by atoms with Crippen molar-refractivity contribution in [3.8, 4) is 5.75 Å². The molecule has 1 unspecified atom stereocenters. The summed E-state index contributed by atoms with van der Waals surface area (Å²) in [6, 6.07) is 18.9. The van der Waals surface area contributed by atoms with Crippen LogP contribution < -0.4 is 4.74 Å². The summed E-state index contributed by atoms with van der Waals surface area (Å²) in [7, 11) is 0. The summed E-state index contributed by atoms with van der Waals surface area (Å²) >= 11 is 0. The number of benzene rings is 2. The molecule has 2 rings (SSSR count). The predicted molar refractivity (Wildman–Crippen MR) is 89.9 cm³/mol. The first-order chi connectivity index (χ1) is 9.84. The highest BCUT2D eigenvalue weighted by Crippen LogP contribution is 2.41. The van der Waals surface area contributed by atoms with E-state index >= 15 is 0 Å². The Morgan fingerprint density at radius 2 is 1.38 bits per heavy atom. The molecule has 112 valence electrons. The molecule has 0 saturated heterocycles. The molecule has 0 heterocycles. The molecule has 0 radical (unpaired) electrons. The SMILES string of the molecule is Cc1ccccc1OCC(C)(c1ccccc1)C(C)(C)C. The van der Waals surface area contributed by atoms with Crippen molar-refractivity contribution in [1.82, 2.24) is 0 Å². The fraction of sp³-hybridized carbons (Fsp3) is 0.400. The molecule has 1 heteroatoms. The Balaban J connectivity index is 2.29. The third kappa shape index (κ3) is 3.29. The smallest absolute Gasteiger partial charge is 0.122 e. The number of aryl methyl sites for hydroxylation is 1. The predicted octanol–water partition coefficient (Wildman–Crippen LogP) is 5.38. The first-order valence-electron chi connectivity index (χ1n) is 7.58. The first-order valence-corrected chi connectivity index (χ1v) is 7.58. The lowest BCUT2D eigenvalue weighted by Gasteiger charge is -2.42. The standard InChI is InChI=1S/C20H26O/c1-16-11-9-10-14-18(16)21-15-20(5,19(2,3)4)17-12-7-6-8-13-17/h6-14H,15H2,1-5H3. The lowest BCUT2D eigenvalue weighted by atomic mass is 9.64.